The Kier molecular flexibility index (Phi) is 5.28. The van der Waals surface area contributed by atoms with E-state index in [9.17, 15) is 18.0 Å². The molecule has 3 aromatic rings. The molecule has 0 aliphatic rings. The summed E-state index contributed by atoms with van der Waals surface area (Å²) in [7, 11) is 1.50. The highest BCUT2D eigenvalue weighted by Crippen LogP contribution is 2.26. The number of hydrogen-bond acceptors (Lipinski definition) is 3. The number of nitrogens with zero attached hydrogens (tertiary/aromatic N) is 3. The van der Waals surface area contributed by atoms with Gasteiger partial charge in [0, 0.05) is 12.6 Å². The van der Waals surface area contributed by atoms with Crippen LogP contribution in [0.1, 0.15) is 11.1 Å². The number of fused-ring (bicyclic) bond motifs is 1. The normalized spacial score (nSPS) is 11.1. The van der Waals surface area contributed by atoms with Crippen molar-refractivity contribution >= 4 is 26.8 Å². The maximum absolute atomic E-state index is 13.8. The first kappa shape index (κ1) is 19.0. The van der Waals surface area contributed by atoms with Gasteiger partial charge in [-0.1, -0.05) is 6.07 Å². The van der Waals surface area contributed by atoms with Crippen LogP contribution < -0.4 is 10.3 Å². The number of halogens is 4. The van der Waals surface area contributed by atoms with Crippen LogP contribution in [-0.2, 0) is 20.0 Å². The molecule has 0 spiro atoms. The van der Waals surface area contributed by atoms with Gasteiger partial charge in [-0.15, -0.1) is 0 Å². The van der Waals surface area contributed by atoms with E-state index in [1.165, 1.54) is 34.6 Å². The number of benzene rings is 2. The van der Waals surface area contributed by atoms with Crippen LogP contribution in [0.2, 0.25) is 0 Å². The quantitative estimate of drug-likeness (QED) is 0.604. The molecule has 2 aromatic carbocycles. The fourth-order valence-corrected chi connectivity index (χ4v) is 3.22. The van der Waals surface area contributed by atoms with E-state index in [1.54, 1.807) is 6.07 Å². The Morgan fingerprint density at radius 2 is 2.04 bits per heavy atom. The van der Waals surface area contributed by atoms with Crippen LogP contribution in [0, 0.1) is 17.1 Å². The van der Waals surface area contributed by atoms with Gasteiger partial charge < -0.3 is 4.74 Å². The summed E-state index contributed by atoms with van der Waals surface area (Å²) in [6, 6.07) is 9.06. The average Bonchev–Trinajstić information content (AvgIpc) is 2.82. The van der Waals surface area contributed by atoms with Crippen molar-refractivity contribution in [3.8, 4) is 11.8 Å². The molecule has 9 heteroatoms. The lowest BCUT2D eigenvalue weighted by Gasteiger charge is -2.15. The lowest BCUT2D eigenvalue weighted by atomic mass is 10.1. The van der Waals surface area contributed by atoms with Gasteiger partial charge in [0.15, 0.2) is 0 Å². The summed E-state index contributed by atoms with van der Waals surface area (Å²) in [4.78, 5) is 12.4. The summed E-state index contributed by atoms with van der Waals surface area (Å²) in [6.45, 7) is -2.99. The Hall–Kier alpha value is -2.73. The summed E-state index contributed by atoms with van der Waals surface area (Å²) < 4.78 is 46.8. The molecule has 0 radical (unpaired) electrons. The van der Waals surface area contributed by atoms with Gasteiger partial charge in [0.25, 0.3) is 5.56 Å². The van der Waals surface area contributed by atoms with Gasteiger partial charge >= 0.3 is 6.61 Å². The van der Waals surface area contributed by atoms with Crippen molar-refractivity contribution in [1.82, 2.24) is 9.36 Å². The van der Waals surface area contributed by atoms with Crippen molar-refractivity contribution in [2.45, 2.75) is 19.6 Å². The first-order valence-electron chi connectivity index (χ1n) is 7.80. The molecule has 0 amide bonds. The van der Waals surface area contributed by atoms with E-state index in [2.05, 4.69) is 20.7 Å². The minimum absolute atomic E-state index is 0.0225. The van der Waals surface area contributed by atoms with Crippen molar-refractivity contribution < 1.29 is 17.9 Å². The van der Waals surface area contributed by atoms with Crippen LogP contribution in [0.4, 0.5) is 13.2 Å². The van der Waals surface area contributed by atoms with Crippen molar-refractivity contribution in [3.63, 3.8) is 0 Å². The molecular formula is C18H13BrF3N3O2. The molecule has 140 valence electrons. The van der Waals surface area contributed by atoms with E-state index < -0.39 is 18.0 Å². The lowest BCUT2D eigenvalue weighted by Crippen LogP contribution is -2.20. The zero-order valence-corrected chi connectivity index (χ0v) is 15.6. The number of nitriles is 1. The highest BCUT2D eigenvalue weighted by atomic mass is 79.9. The summed E-state index contributed by atoms with van der Waals surface area (Å²) in [5, 5.41) is 9.04. The third kappa shape index (κ3) is 3.71. The monoisotopic (exact) mass is 439 g/mol. The highest BCUT2D eigenvalue weighted by Gasteiger charge is 2.17. The van der Waals surface area contributed by atoms with E-state index in [4.69, 9.17) is 5.26 Å². The van der Waals surface area contributed by atoms with Gasteiger partial charge in [-0.2, -0.15) is 14.0 Å². The molecule has 5 nitrogen and oxygen atoms in total. The van der Waals surface area contributed by atoms with Gasteiger partial charge in [0.2, 0.25) is 0 Å². The molecule has 0 bridgehead atoms. The smallest absolute Gasteiger partial charge is 0.387 e. The van der Waals surface area contributed by atoms with Gasteiger partial charge in [-0.25, -0.2) is 4.39 Å². The minimum atomic E-state index is -3.01. The Morgan fingerprint density at radius 3 is 2.70 bits per heavy atom. The third-order valence-corrected chi connectivity index (χ3v) is 4.76. The van der Waals surface area contributed by atoms with Crippen LogP contribution in [0.3, 0.4) is 0 Å². The molecule has 3 rings (SSSR count). The van der Waals surface area contributed by atoms with E-state index in [0.29, 0.717) is 16.6 Å². The Labute approximate surface area is 160 Å². The second kappa shape index (κ2) is 7.48. The van der Waals surface area contributed by atoms with Gasteiger partial charge in [0.05, 0.1) is 34.4 Å². The van der Waals surface area contributed by atoms with Gasteiger partial charge in [-0.3, -0.25) is 14.2 Å². The first-order chi connectivity index (χ1) is 12.8. The number of aromatic nitrogens is 2. The van der Waals surface area contributed by atoms with Crippen LogP contribution >= 0.6 is 15.9 Å². The van der Waals surface area contributed by atoms with E-state index in [1.807, 2.05) is 6.07 Å². The fraction of sp³-hybridized carbons (Fsp3) is 0.222. The minimum Gasteiger partial charge on any atom is -0.434 e. The zero-order chi connectivity index (χ0) is 19.7. The molecule has 0 fully saturated rings. The molecule has 27 heavy (non-hydrogen) atoms. The zero-order valence-electron chi connectivity index (χ0n) is 14.0. The topological polar surface area (TPSA) is 60.0 Å². The largest absolute Gasteiger partial charge is 0.434 e. The summed E-state index contributed by atoms with van der Waals surface area (Å²) in [6.07, 6.45) is 0.101. The van der Waals surface area contributed by atoms with Gasteiger partial charge in [0.1, 0.15) is 11.6 Å². The average molecular weight is 440 g/mol. The van der Waals surface area contributed by atoms with Crippen molar-refractivity contribution in [3.05, 3.63) is 62.1 Å². The number of alkyl halides is 2. The molecule has 0 aliphatic carbocycles. The Morgan fingerprint density at radius 1 is 1.30 bits per heavy atom. The van der Waals surface area contributed by atoms with E-state index in [0.717, 1.165) is 6.07 Å². The SMILES string of the molecule is Cn1c(=O)c2cc(F)c(Br)cc2n1Cc1cc(CC#N)ccc1OC(F)F. The summed E-state index contributed by atoms with van der Waals surface area (Å²) in [5.41, 5.74) is 1.02. The Balaban J connectivity index is 2.16. The number of rotatable bonds is 5. The first-order valence-corrected chi connectivity index (χ1v) is 8.59. The maximum Gasteiger partial charge on any atom is 0.387 e. The van der Waals surface area contributed by atoms with E-state index in [-0.39, 0.29) is 28.6 Å². The molecule has 1 heterocycles. The molecule has 0 saturated heterocycles. The van der Waals surface area contributed by atoms with Gasteiger partial charge in [-0.05, 0) is 45.8 Å². The molecule has 1 aromatic heterocycles. The number of ether oxygens (including phenoxy) is 1. The van der Waals surface area contributed by atoms with Crippen LogP contribution in [0.25, 0.3) is 10.9 Å². The lowest BCUT2D eigenvalue weighted by molar-refractivity contribution is -0.0505. The highest BCUT2D eigenvalue weighted by molar-refractivity contribution is 9.10. The molecule has 0 aliphatic heterocycles. The third-order valence-electron chi connectivity index (χ3n) is 4.15. The van der Waals surface area contributed by atoms with Crippen molar-refractivity contribution in [2.24, 2.45) is 7.05 Å². The second-order valence-corrected chi connectivity index (χ2v) is 6.68. The summed E-state index contributed by atoms with van der Waals surface area (Å²) >= 11 is 3.09. The number of hydrogen-bond donors (Lipinski definition) is 0. The van der Waals surface area contributed by atoms with E-state index >= 15 is 0 Å². The standard InChI is InChI=1S/C18H13BrF3N3O2/c1-24-17(26)12-7-14(20)13(19)8-15(12)25(24)9-11-6-10(4-5-23)2-3-16(11)27-18(21)22/h2-3,6-8,18H,4,9H2,1H3. The molecule has 0 N–H and O–H groups in total. The summed E-state index contributed by atoms with van der Waals surface area (Å²) in [5.74, 6) is -0.628. The molecule has 0 unspecified atom stereocenters. The van der Waals surface area contributed by atoms with Crippen LogP contribution in [0.5, 0.6) is 5.75 Å². The molecular weight excluding hydrogens is 427 g/mol. The predicted octanol–water partition coefficient (Wildman–Crippen LogP) is 3.96. The predicted molar refractivity (Wildman–Crippen MR) is 96.3 cm³/mol. The Bertz CT molecular complexity index is 1120. The van der Waals surface area contributed by atoms with Crippen molar-refractivity contribution in [2.75, 3.05) is 0 Å². The molecule has 0 saturated carbocycles. The fourth-order valence-electron chi connectivity index (χ4n) is 2.89. The maximum atomic E-state index is 13.8. The molecule has 0 atom stereocenters. The van der Waals surface area contributed by atoms with Crippen LogP contribution in [-0.4, -0.2) is 16.0 Å². The second-order valence-electron chi connectivity index (χ2n) is 5.83. The van der Waals surface area contributed by atoms with Crippen LogP contribution in [0.15, 0.2) is 39.6 Å². The van der Waals surface area contributed by atoms with Crippen molar-refractivity contribution in [1.29, 1.82) is 5.26 Å².